The molecular formula is C19H28N2O3. The van der Waals surface area contributed by atoms with Gasteiger partial charge in [-0.3, -0.25) is 4.79 Å². The van der Waals surface area contributed by atoms with Gasteiger partial charge >= 0.3 is 6.09 Å². The average Bonchev–Trinajstić information content (AvgIpc) is 2.59. The summed E-state index contributed by atoms with van der Waals surface area (Å²) in [5.41, 5.74) is 0.961. The molecule has 0 aliphatic carbocycles. The van der Waals surface area contributed by atoms with Crippen molar-refractivity contribution in [2.75, 3.05) is 13.1 Å². The molecule has 1 aliphatic heterocycles. The third-order valence-electron chi connectivity index (χ3n) is 4.48. The van der Waals surface area contributed by atoms with Crippen molar-refractivity contribution in [3.63, 3.8) is 0 Å². The second-order valence-electron chi connectivity index (χ2n) is 6.57. The van der Waals surface area contributed by atoms with Crippen LogP contribution in [0.25, 0.3) is 0 Å². The predicted octanol–water partition coefficient (Wildman–Crippen LogP) is 3.34. The Hall–Kier alpha value is -2.04. The molecule has 1 heterocycles. The van der Waals surface area contributed by atoms with Crippen molar-refractivity contribution in [3.8, 4) is 0 Å². The van der Waals surface area contributed by atoms with Crippen LogP contribution >= 0.6 is 0 Å². The number of amides is 2. The number of alkyl carbamates (subject to hydrolysis) is 1. The van der Waals surface area contributed by atoms with Gasteiger partial charge in [-0.15, -0.1) is 0 Å². The summed E-state index contributed by atoms with van der Waals surface area (Å²) in [7, 11) is 0. The normalized spacial score (nSPS) is 20.5. The molecule has 2 amide bonds. The molecule has 132 valence electrons. The Morgan fingerprint density at radius 1 is 1.25 bits per heavy atom. The van der Waals surface area contributed by atoms with E-state index in [4.69, 9.17) is 4.74 Å². The summed E-state index contributed by atoms with van der Waals surface area (Å²) >= 11 is 0. The van der Waals surface area contributed by atoms with Crippen molar-refractivity contribution in [1.29, 1.82) is 0 Å². The summed E-state index contributed by atoms with van der Waals surface area (Å²) < 4.78 is 5.29. The molecule has 5 heteroatoms. The molecule has 0 bridgehead atoms. The van der Waals surface area contributed by atoms with Crippen molar-refractivity contribution in [1.82, 2.24) is 10.2 Å². The first kappa shape index (κ1) is 18.3. The van der Waals surface area contributed by atoms with E-state index in [-0.39, 0.29) is 18.6 Å². The molecule has 1 saturated heterocycles. The van der Waals surface area contributed by atoms with E-state index < -0.39 is 6.09 Å². The minimum Gasteiger partial charge on any atom is -0.445 e. The first-order chi connectivity index (χ1) is 11.6. The van der Waals surface area contributed by atoms with E-state index >= 15 is 0 Å². The van der Waals surface area contributed by atoms with E-state index in [0.29, 0.717) is 12.5 Å². The Balaban J connectivity index is 1.84. The molecule has 24 heavy (non-hydrogen) atoms. The SMILES string of the molecule is CCCCC1CC(NC(=O)OCc2ccccc2)CN(C(C)=O)C1. The van der Waals surface area contributed by atoms with Crippen LogP contribution in [0.1, 0.15) is 45.1 Å². The molecule has 1 N–H and O–H groups in total. The number of nitrogens with one attached hydrogen (secondary N) is 1. The zero-order chi connectivity index (χ0) is 17.4. The lowest BCUT2D eigenvalue weighted by molar-refractivity contribution is -0.131. The van der Waals surface area contributed by atoms with E-state index in [1.54, 1.807) is 6.92 Å². The number of piperidine rings is 1. The quantitative estimate of drug-likeness (QED) is 0.869. The average molecular weight is 332 g/mol. The predicted molar refractivity (Wildman–Crippen MR) is 93.4 cm³/mol. The van der Waals surface area contributed by atoms with Gasteiger partial charge in [-0.05, 0) is 24.3 Å². The van der Waals surface area contributed by atoms with Crippen molar-refractivity contribution in [3.05, 3.63) is 35.9 Å². The summed E-state index contributed by atoms with van der Waals surface area (Å²) in [6.07, 6.45) is 3.89. The molecule has 0 aromatic heterocycles. The van der Waals surface area contributed by atoms with Crippen LogP contribution in [0.15, 0.2) is 30.3 Å². The maximum atomic E-state index is 12.0. The Bertz CT molecular complexity index is 533. The molecule has 2 unspecified atom stereocenters. The van der Waals surface area contributed by atoms with Crippen LogP contribution in [0.5, 0.6) is 0 Å². The first-order valence-corrected chi connectivity index (χ1v) is 8.81. The number of hydrogen-bond acceptors (Lipinski definition) is 3. The van der Waals surface area contributed by atoms with Gasteiger partial charge in [-0.25, -0.2) is 4.79 Å². The summed E-state index contributed by atoms with van der Waals surface area (Å²) in [5.74, 6) is 0.516. The smallest absolute Gasteiger partial charge is 0.407 e. The molecule has 2 rings (SSSR count). The number of carbonyl (C=O) groups is 2. The number of benzene rings is 1. The Labute approximate surface area is 144 Å². The molecule has 1 aromatic carbocycles. The molecule has 1 fully saturated rings. The highest BCUT2D eigenvalue weighted by Crippen LogP contribution is 2.22. The minimum absolute atomic E-state index is 0.0345. The van der Waals surface area contributed by atoms with E-state index in [0.717, 1.165) is 37.8 Å². The molecule has 5 nitrogen and oxygen atoms in total. The number of ether oxygens (including phenoxy) is 1. The van der Waals surface area contributed by atoms with Crippen LogP contribution < -0.4 is 5.32 Å². The van der Waals surface area contributed by atoms with Gasteiger partial charge in [0.25, 0.3) is 0 Å². The van der Waals surface area contributed by atoms with Crippen LogP contribution in [0.2, 0.25) is 0 Å². The highest BCUT2D eigenvalue weighted by atomic mass is 16.5. The summed E-state index contributed by atoms with van der Waals surface area (Å²) in [5, 5.41) is 2.93. The lowest BCUT2D eigenvalue weighted by Crippen LogP contribution is -2.52. The zero-order valence-electron chi connectivity index (χ0n) is 14.7. The fraction of sp³-hybridized carbons (Fsp3) is 0.579. The highest BCUT2D eigenvalue weighted by Gasteiger charge is 2.29. The van der Waals surface area contributed by atoms with Gasteiger partial charge in [0.15, 0.2) is 0 Å². The van der Waals surface area contributed by atoms with Gasteiger partial charge in [0.05, 0.1) is 6.04 Å². The van der Waals surface area contributed by atoms with Crippen molar-refractivity contribution >= 4 is 12.0 Å². The lowest BCUT2D eigenvalue weighted by atomic mass is 9.90. The van der Waals surface area contributed by atoms with E-state index in [9.17, 15) is 9.59 Å². The maximum absolute atomic E-state index is 12.0. The van der Waals surface area contributed by atoms with E-state index in [1.165, 1.54) is 0 Å². The van der Waals surface area contributed by atoms with Crippen LogP contribution in [-0.4, -0.2) is 36.0 Å². The fourth-order valence-corrected chi connectivity index (χ4v) is 3.20. The van der Waals surface area contributed by atoms with Crippen molar-refractivity contribution in [2.45, 2.75) is 52.2 Å². The number of likely N-dealkylation sites (tertiary alicyclic amines) is 1. The van der Waals surface area contributed by atoms with Gasteiger partial charge < -0.3 is 15.0 Å². The molecule has 0 saturated carbocycles. The largest absolute Gasteiger partial charge is 0.445 e. The molecule has 0 radical (unpaired) electrons. The summed E-state index contributed by atoms with van der Waals surface area (Å²) in [6, 6.07) is 9.57. The van der Waals surface area contributed by atoms with E-state index in [2.05, 4.69) is 12.2 Å². The number of unbranched alkanes of at least 4 members (excludes halogenated alkanes) is 1. The van der Waals surface area contributed by atoms with Gasteiger partial charge in [-0.1, -0.05) is 50.1 Å². The van der Waals surface area contributed by atoms with Crippen LogP contribution in [0, 0.1) is 5.92 Å². The Morgan fingerprint density at radius 2 is 2.00 bits per heavy atom. The first-order valence-electron chi connectivity index (χ1n) is 8.81. The second kappa shape index (κ2) is 9.30. The minimum atomic E-state index is -0.413. The molecule has 0 spiro atoms. The third-order valence-corrected chi connectivity index (χ3v) is 4.48. The van der Waals surface area contributed by atoms with Gasteiger partial charge in [0, 0.05) is 20.0 Å². The monoisotopic (exact) mass is 332 g/mol. The topological polar surface area (TPSA) is 58.6 Å². The van der Waals surface area contributed by atoms with Crippen molar-refractivity contribution in [2.24, 2.45) is 5.92 Å². The Kier molecular flexibility index (Phi) is 7.09. The van der Waals surface area contributed by atoms with Crippen LogP contribution in [0.4, 0.5) is 4.79 Å². The number of nitrogens with zero attached hydrogens (tertiary/aromatic N) is 1. The molecule has 1 aliphatic rings. The third kappa shape index (κ3) is 5.87. The second-order valence-corrected chi connectivity index (χ2v) is 6.57. The fourth-order valence-electron chi connectivity index (χ4n) is 3.20. The van der Waals surface area contributed by atoms with Crippen molar-refractivity contribution < 1.29 is 14.3 Å². The zero-order valence-corrected chi connectivity index (χ0v) is 14.7. The number of rotatable bonds is 6. The lowest BCUT2D eigenvalue weighted by Gasteiger charge is -2.37. The van der Waals surface area contributed by atoms with Crippen LogP contribution in [0.3, 0.4) is 0 Å². The number of carbonyl (C=O) groups excluding carboxylic acids is 2. The summed E-state index contributed by atoms with van der Waals surface area (Å²) in [6.45, 7) is 5.38. The molecular weight excluding hydrogens is 304 g/mol. The highest BCUT2D eigenvalue weighted by molar-refractivity contribution is 5.73. The van der Waals surface area contributed by atoms with Gasteiger partial charge in [0.2, 0.25) is 5.91 Å². The standard InChI is InChI=1S/C19H28N2O3/c1-3-4-8-17-11-18(13-21(12-17)15(2)22)20-19(23)24-14-16-9-6-5-7-10-16/h5-7,9-10,17-18H,3-4,8,11-14H2,1-2H3,(H,20,23). The maximum Gasteiger partial charge on any atom is 0.407 e. The van der Waals surface area contributed by atoms with Crippen LogP contribution in [-0.2, 0) is 16.1 Å². The molecule has 2 atom stereocenters. The Morgan fingerprint density at radius 3 is 2.67 bits per heavy atom. The van der Waals surface area contributed by atoms with Gasteiger partial charge in [0.1, 0.15) is 6.61 Å². The molecule has 1 aromatic rings. The number of hydrogen-bond donors (Lipinski definition) is 1. The van der Waals surface area contributed by atoms with Gasteiger partial charge in [-0.2, -0.15) is 0 Å². The van der Waals surface area contributed by atoms with E-state index in [1.807, 2.05) is 35.2 Å². The summed E-state index contributed by atoms with van der Waals surface area (Å²) in [4.78, 5) is 25.6.